The number of hydrogen-bond donors (Lipinski definition) is 2. The van der Waals surface area contributed by atoms with E-state index in [0.717, 1.165) is 30.3 Å². The van der Waals surface area contributed by atoms with Gasteiger partial charge in [-0.1, -0.05) is 0 Å². The van der Waals surface area contributed by atoms with Gasteiger partial charge in [0.15, 0.2) is 0 Å². The molecule has 0 bridgehead atoms. The summed E-state index contributed by atoms with van der Waals surface area (Å²) in [5.74, 6) is -1.09. The fraction of sp³-hybridized carbons (Fsp3) is 0.0833. The van der Waals surface area contributed by atoms with Gasteiger partial charge in [0.2, 0.25) is 0 Å². The van der Waals surface area contributed by atoms with E-state index in [9.17, 15) is 18.9 Å². The second-order valence-electron chi connectivity index (χ2n) is 3.98. The summed E-state index contributed by atoms with van der Waals surface area (Å²) in [6, 6.07) is 5.30. The van der Waals surface area contributed by atoms with Crippen LogP contribution in [-0.4, -0.2) is 9.91 Å². The third-order valence-electron chi connectivity index (χ3n) is 2.51. The van der Waals surface area contributed by atoms with Crippen molar-refractivity contribution in [3.8, 4) is 0 Å². The van der Waals surface area contributed by atoms with Crippen molar-refractivity contribution in [1.82, 2.24) is 4.98 Å². The molecule has 0 aliphatic carbocycles. The Kier molecular flexibility index (Phi) is 3.74. The Morgan fingerprint density at radius 2 is 2.05 bits per heavy atom. The smallest absolute Gasteiger partial charge is 0.276 e. The average molecular weight is 280 g/mol. The Hall–Kier alpha value is -2.77. The third-order valence-corrected chi connectivity index (χ3v) is 2.51. The number of pyridine rings is 1. The highest BCUT2D eigenvalue weighted by atomic mass is 19.1. The van der Waals surface area contributed by atoms with Crippen LogP contribution in [0.15, 0.2) is 30.3 Å². The molecule has 0 saturated carbocycles. The average Bonchev–Trinajstić information content (AvgIpc) is 2.39. The molecule has 1 aromatic heterocycles. The maximum Gasteiger partial charge on any atom is 0.276 e. The molecule has 0 radical (unpaired) electrons. The van der Waals surface area contributed by atoms with Crippen molar-refractivity contribution in [3.63, 3.8) is 0 Å². The molecule has 1 heterocycles. The third kappa shape index (κ3) is 3.16. The quantitative estimate of drug-likeness (QED) is 0.662. The standard InChI is InChI=1S/C12H10F2N4O2/c13-8-1-2-10(14)7(3-8)6-16-12-5-9(18(19)20)4-11(15)17-12/h1-5H,6H2,(H3,15,16,17). The topological polar surface area (TPSA) is 94.1 Å². The fourth-order valence-corrected chi connectivity index (χ4v) is 1.60. The molecule has 0 fully saturated rings. The lowest BCUT2D eigenvalue weighted by Gasteiger charge is -2.07. The Morgan fingerprint density at radius 3 is 2.75 bits per heavy atom. The number of nitrogens with one attached hydrogen (secondary N) is 1. The van der Waals surface area contributed by atoms with Gasteiger partial charge in [-0.05, 0) is 18.2 Å². The molecule has 0 spiro atoms. The van der Waals surface area contributed by atoms with Crippen LogP contribution in [0.1, 0.15) is 5.56 Å². The molecule has 0 atom stereocenters. The van der Waals surface area contributed by atoms with Gasteiger partial charge in [0.1, 0.15) is 23.3 Å². The van der Waals surface area contributed by atoms with E-state index in [1.54, 1.807) is 0 Å². The maximum absolute atomic E-state index is 13.4. The SMILES string of the molecule is Nc1cc([N+](=O)[O-])cc(NCc2cc(F)ccc2F)n1. The number of nitrogens with zero attached hydrogens (tertiary/aromatic N) is 2. The van der Waals surface area contributed by atoms with Crippen LogP contribution >= 0.6 is 0 Å². The van der Waals surface area contributed by atoms with E-state index >= 15 is 0 Å². The van der Waals surface area contributed by atoms with Crippen LogP contribution in [0.5, 0.6) is 0 Å². The molecule has 8 heteroatoms. The van der Waals surface area contributed by atoms with E-state index in [1.807, 2.05) is 0 Å². The monoisotopic (exact) mass is 280 g/mol. The molecule has 0 unspecified atom stereocenters. The highest BCUT2D eigenvalue weighted by molar-refractivity contribution is 5.52. The number of aromatic nitrogens is 1. The number of rotatable bonds is 4. The number of hydrogen-bond acceptors (Lipinski definition) is 5. The van der Waals surface area contributed by atoms with Crippen LogP contribution < -0.4 is 11.1 Å². The van der Waals surface area contributed by atoms with Crippen LogP contribution in [0.2, 0.25) is 0 Å². The van der Waals surface area contributed by atoms with Gasteiger partial charge in [-0.3, -0.25) is 10.1 Å². The van der Waals surface area contributed by atoms with E-state index in [1.165, 1.54) is 0 Å². The maximum atomic E-state index is 13.4. The van der Waals surface area contributed by atoms with Crippen molar-refractivity contribution in [1.29, 1.82) is 0 Å². The minimum Gasteiger partial charge on any atom is -0.383 e. The number of halogens is 2. The summed E-state index contributed by atoms with van der Waals surface area (Å²) in [4.78, 5) is 13.9. The summed E-state index contributed by atoms with van der Waals surface area (Å²) in [7, 11) is 0. The van der Waals surface area contributed by atoms with E-state index in [0.29, 0.717) is 0 Å². The molecule has 0 aliphatic heterocycles. The van der Waals surface area contributed by atoms with Gasteiger partial charge in [0.05, 0.1) is 17.1 Å². The van der Waals surface area contributed by atoms with Crippen molar-refractivity contribution in [2.75, 3.05) is 11.1 Å². The van der Waals surface area contributed by atoms with Crippen molar-refractivity contribution in [2.24, 2.45) is 0 Å². The second-order valence-corrected chi connectivity index (χ2v) is 3.98. The molecular formula is C12H10F2N4O2. The predicted octanol–water partition coefficient (Wildman–Crippen LogP) is 2.46. The first-order chi connectivity index (χ1) is 9.45. The van der Waals surface area contributed by atoms with Gasteiger partial charge < -0.3 is 11.1 Å². The van der Waals surface area contributed by atoms with E-state index in [-0.39, 0.29) is 29.4 Å². The molecule has 0 aliphatic rings. The normalized spacial score (nSPS) is 10.3. The zero-order valence-electron chi connectivity index (χ0n) is 10.1. The minimum absolute atomic E-state index is 0.0404. The van der Waals surface area contributed by atoms with Crippen molar-refractivity contribution in [2.45, 2.75) is 6.54 Å². The Morgan fingerprint density at radius 1 is 1.30 bits per heavy atom. The van der Waals surface area contributed by atoms with Gasteiger partial charge >= 0.3 is 0 Å². The van der Waals surface area contributed by atoms with Crippen molar-refractivity contribution < 1.29 is 13.7 Å². The summed E-state index contributed by atoms with van der Waals surface area (Å²) >= 11 is 0. The molecule has 104 valence electrons. The first-order valence-corrected chi connectivity index (χ1v) is 5.55. The van der Waals surface area contributed by atoms with Crippen molar-refractivity contribution >= 4 is 17.3 Å². The zero-order chi connectivity index (χ0) is 14.7. The molecule has 0 amide bonds. The summed E-state index contributed by atoms with van der Waals surface area (Å²) in [5, 5.41) is 13.3. The van der Waals surface area contributed by atoms with E-state index in [4.69, 9.17) is 5.73 Å². The van der Waals surface area contributed by atoms with E-state index < -0.39 is 16.6 Å². The lowest BCUT2D eigenvalue weighted by atomic mass is 10.2. The summed E-state index contributed by atoms with van der Waals surface area (Å²) in [6.07, 6.45) is 0. The minimum atomic E-state index is -0.619. The largest absolute Gasteiger partial charge is 0.383 e. The first kappa shape index (κ1) is 13.7. The lowest BCUT2D eigenvalue weighted by Crippen LogP contribution is -2.06. The molecule has 2 rings (SSSR count). The molecule has 3 N–H and O–H groups in total. The Bertz CT molecular complexity index is 664. The Labute approximate surface area is 112 Å². The van der Waals surface area contributed by atoms with Crippen LogP contribution in [-0.2, 0) is 6.54 Å². The van der Waals surface area contributed by atoms with Gasteiger partial charge in [-0.2, -0.15) is 0 Å². The molecule has 1 aromatic carbocycles. The number of benzene rings is 1. The highest BCUT2D eigenvalue weighted by Gasteiger charge is 2.10. The zero-order valence-corrected chi connectivity index (χ0v) is 10.1. The van der Waals surface area contributed by atoms with Crippen LogP contribution in [0.25, 0.3) is 0 Å². The van der Waals surface area contributed by atoms with Gasteiger partial charge in [-0.15, -0.1) is 0 Å². The fourth-order valence-electron chi connectivity index (χ4n) is 1.60. The van der Waals surface area contributed by atoms with Gasteiger partial charge in [0, 0.05) is 12.1 Å². The molecule has 6 nitrogen and oxygen atoms in total. The van der Waals surface area contributed by atoms with E-state index in [2.05, 4.69) is 10.3 Å². The molecule has 2 aromatic rings. The van der Waals surface area contributed by atoms with Crippen molar-refractivity contribution in [3.05, 3.63) is 57.6 Å². The molecule has 0 saturated heterocycles. The number of nitrogens with two attached hydrogens (primary N) is 1. The molecular weight excluding hydrogens is 270 g/mol. The Balaban J connectivity index is 2.18. The van der Waals surface area contributed by atoms with Crippen LogP contribution in [0.4, 0.5) is 26.1 Å². The van der Waals surface area contributed by atoms with Gasteiger partial charge in [-0.25, -0.2) is 13.8 Å². The second kappa shape index (κ2) is 5.47. The highest BCUT2D eigenvalue weighted by Crippen LogP contribution is 2.19. The first-order valence-electron chi connectivity index (χ1n) is 5.55. The molecule has 20 heavy (non-hydrogen) atoms. The van der Waals surface area contributed by atoms with Gasteiger partial charge in [0.25, 0.3) is 5.69 Å². The summed E-state index contributed by atoms with van der Waals surface area (Å²) in [6.45, 7) is -0.0722. The number of nitrogen functional groups attached to an aromatic ring is 1. The van der Waals surface area contributed by atoms with Crippen LogP contribution in [0.3, 0.4) is 0 Å². The van der Waals surface area contributed by atoms with Crippen LogP contribution in [0, 0.1) is 21.7 Å². The number of anilines is 2. The summed E-state index contributed by atoms with van der Waals surface area (Å²) < 4.78 is 26.4. The summed E-state index contributed by atoms with van der Waals surface area (Å²) in [5.41, 5.74) is 5.27. The predicted molar refractivity (Wildman–Crippen MR) is 69.0 cm³/mol. The number of nitro groups is 1. The lowest BCUT2D eigenvalue weighted by molar-refractivity contribution is -0.384.